The SMILES string of the molecule is CC(C)c1ccc(Oc2cnn(-c3ccccc3)c(=O)c2Nc2cccc(C(=O)NCCN3CCOCC3)c2)cc1. The summed E-state index contributed by atoms with van der Waals surface area (Å²) in [5, 5.41) is 10.6. The van der Waals surface area contributed by atoms with Crippen molar-refractivity contribution in [3.8, 4) is 17.2 Å². The molecular formula is C32H35N5O4. The molecule has 1 aromatic heterocycles. The Balaban J connectivity index is 1.38. The quantitative estimate of drug-likeness (QED) is 0.287. The molecule has 0 bridgehead atoms. The van der Waals surface area contributed by atoms with Crippen LogP contribution < -0.4 is 20.9 Å². The molecule has 0 atom stereocenters. The molecule has 1 aliphatic heterocycles. The van der Waals surface area contributed by atoms with Gasteiger partial charge < -0.3 is 20.1 Å². The van der Waals surface area contributed by atoms with Gasteiger partial charge in [-0.3, -0.25) is 14.5 Å². The van der Waals surface area contributed by atoms with Gasteiger partial charge in [0.05, 0.1) is 25.1 Å². The van der Waals surface area contributed by atoms with E-state index in [1.165, 1.54) is 16.4 Å². The second kappa shape index (κ2) is 13.3. The van der Waals surface area contributed by atoms with Gasteiger partial charge in [0.25, 0.3) is 11.5 Å². The number of amides is 1. The lowest BCUT2D eigenvalue weighted by Crippen LogP contribution is -2.41. The molecule has 9 heteroatoms. The highest BCUT2D eigenvalue weighted by atomic mass is 16.5. The van der Waals surface area contributed by atoms with E-state index >= 15 is 0 Å². The van der Waals surface area contributed by atoms with Crippen molar-refractivity contribution >= 4 is 17.3 Å². The van der Waals surface area contributed by atoms with Gasteiger partial charge in [0.1, 0.15) is 5.75 Å². The number of carbonyl (C=O) groups excluding carboxylic acids is 1. The number of anilines is 2. The van der Waals surface area contributed by atoms with Crippen LogP contribution in [0.1, 0.15) is 35.7 Å². The average Bonchev–Trinajstić information content (AvgIpc) is 3.00. The number of benzene rings is 3. The summed E-state index contributed by atoms with van der Waals surface area (Å²) >= 11 is 0. The van der Waals surface area contributed by atoms with Crippen LogP contribution in [0.25, 0.3) is 5.69 Å². The Labute approximate surface area is 239 Å². The van der Waals surface area contributed by atoms with E-state index < -0.39 is 0 Å². The summed E-state index contributed by atoms with van der Waals surface area (Å²) in [6, 6.07) is 24.0. The second-order valence-electron chi connectivity index (χ2n) is 10.2. The Hall–Kier alpha value is -4.47. The van der Waals surface area contributed by atoms with Crippen molar-refractivity contribution in [3.05, 3.63) is 107 Å². The van der Waals surface area contributed by atoms with Gasteiger partial charge in [-0.1, -0.05) is 50.2 Å². The van der Waals surface area contributed by atoms with Gasteiger partial charge in [0.2, 0.25) is 0 Å². The molecule has 5 rings (SSSR count). The molecule has 1 fully saturated rings. The first-order chi connectivity index (χ1) is 20.0. The number of nitrogens with zero attached hydrogens (tertiary/aromatic N) is 3. The summed E-state index contributed by atoms with van der Waals surface area (Å²) in [4.78, 5) is 28.9. The highest BCUT2D eigenvalue weighted by Crippen LogP contribution is 2.30. The molecule has 0 unspecified atom stereocenters. The zero-order chi connectivity index (χ0) is 28.6. The molecule has 1 amide bonds. The minimum atomic E-state index is -0.382. The van der Waals surface area contributed by atoms with E-state index in [1.54, 1.807) is 24.3 Å². The number of nitrogens with one attached hydrogen (secondary N) is 2. The summed E-state index contributed by atoms with van der Waals surface area (Å²) < 4.78 is 12.8. The molecule has 2 N–H and O–H groups in total. The highest BCUT2D eigenvalue weighted by molar-refractivity contribution is 5.95. The van der Waals surface area contributed by atoms with Crippen molar-refractivity contribution in [2.45, 2.75) is 19.8 Å². The van der Waals surface area contributed by atoms with E-state index in [-0.39, 0.29) is 22.9 Å². The lowest BCUT2D eigenvalue weighted by molar-refractivity contribution is 0.0383. The molecule has 2 heterocycles. The maximum absolute atomic E-state index is 13.7. The average molecular weight is 554 g/mol. The first-order valence-electron chi connectivity index (χ1n) is 13.9. The number of hydrogen-bond donors (Lipinski definition) is 2. The minimum Gasteiger partial charge on any atom is -0.453 e. The summed E-state index contributed by atoms with van der Waals surface area (Å²) in [5.74, 6) is 1.07. The molecule has 0 spiro atoms. The van der Waals surface area contributed by atoms with Crippen LogP contribution in [-0.4, -0.2) is 60.0 Å². The molecule has 0 saturated carbocycles. The summed E-state index contributed by atoms with van der Waals surface area (Å²) in [7, 11) is 0. The Kier molecular flexibility index (Phi) is 9.08. The van der Waals surface area contributed by atoms with Crippen LogP contribution >= 0.6 is 0 Å². The number of hydrogen-bond acceptors (Lipinski definition) is 7. The van der Waals surface area contributed by atoms with Crippen molar-refractivity contribution in [2.24, 2.45) is 0 Å². The highest BCUT2D eigenvalue weighted by Gasteiger charge is 2.17. The molecule has 4 aromatic rings. The topological polar surface area (TPSA) is 97.7 Å². The zero-order valence-corrected chi connectivity index (χ0v) is 23.4. The van der Waals surface area contributed by atoms with Crippen LogP contribution in [0.2, 0.25) is 0 Å². The van der Waals surface area contributed by atoms with Gasteiger partial charge in [-0.2, -0.15) is 9.78 Å². The second-order valence-corrected chi connectivity index (χ2v) is 10.2. The Bertz CT molecular complexity index is 1510. The summed E-state index contributed by atoms with van der Waals surface area (Å²) in [6.07, 6.45) is 1.52. The molecule has 3 aromatic carbocycles. The van der Waals surface area contributed by atoms with Crippen LogP contribution in [0.15, 0.2) is 89.9 Å². The number of aromatic nitrogens is 2. The Morgan fingerprint density at radius 1 is 1.00 bits per heavy atom. The van der Waals surface area contributed by atoms with Gasteiger partial charge >= 0.3 is 0 Å². The summed E-state index contributed by atoms with van der Waals surface area (Å²) in [5.41, 5.74) is 2.71. The van der Waals surface area contributed by atoms with Crippen molar-refractivity contribution in [2.75, 3.05) is 44.7 Å². The van der Waals surface area contributed by atoms with Crippen LogP contribution in [0, 0.1) is 0 Å². The molecule has 0 radical (unpaired) electrons. The fraction of sp³-hybridized carbons (Fsp3) is 0.281. The monoisotopic (exact) mass is 553 g/mol. The van der Waals surface area contributed by atoms with Gasteiger partial charge in [-0.05, 0) is 53.9 Å². The van der Waals surface area contributed by atoms with Crippen molar-refractivity contribution in [3.63, 3.8) is 0 Å². The molecule has 9 nitrogen and oxygen atoms in total. The first-order valence-corrected chi connectivity index (χ1v) is 13.9. The van der Waals surface area contributed by atoms with Crippen LogP contribution in [0.3, 0.4) is 0 Å². The Morgan fingerprint density at radius 3 is 2.49 bits per heavy atom. The number of morpholine rings is 1. The third-order valence-corrected chi connectivity index (χ3v) is 6.93. The lowest BCUT2D eigenvalue weighted by Gasteiger charge is -2.26. The standard InChI is InChI=1S/C32H35N5O4/c1-23(2)24-11-13-28(14-12-24)41-29-22-34-37(27-9-4-3-5-10-27)32(39)30(29)35-26-8-6-7-25(21-26)31(38)33-15-16-36-17-19-40-20-18-36/h3-14,21-23,35H,15-20H2,1-2H3,(H,33,38). The predicted octanol–water partition coefficient (Wildman–Crippen LogP) is 4.95. The Morgan fingerprint density at radius 2 is 1.76 bits per heavy atom. The molecule has 0 aliphatic carbocycles. The molecule has 1 saturated heterocycles. The smallest absolute Gasteiger partial charge is 0.299 e. The lowest BCUT2D eigenvalue weighted by atomic mass is 10.0. The molecule has 41 heavy (non-hydrogen) atoms. The van der Waals surface area contributed by atoms with Gasteiger partial charge in [0, 0.05) is 37.4 Å². The van der Waals surface area contributed by atoms with Crippen molar-refractivity contribution < 1.29 is 14.3 Å². The van der Waals surface area contributed by atoms with E-state index in [4.69, 9.17) is 9.47 Å². The fourth-order valence-electron chi connectivity index (χ4n) is 4.57. The molecular weight excluding hydrogens is 518 g/mol. The molecule has 1 aliphatic rings. The number of ether oxygens (including phenoxy) is 2. The maximum Gasteiger partial charge on any atom is 0.299 e. The maximum atomic E-state index is 13.7. The van der Waals surface area contributed by atoms with E-state index in [0.29, 0.717) is 35.2 Å². The van der Waals surface area contributed by atoms with Crippen LogP contribution in [0.4, 0.5) is 11.4 Å². The first kappa shape index (κ1) is 28.1. The third kappa shape index (κ3) is 7.19. The number of para-hydroxylation sites is 1. The van der Waals surface area contributed by atoms with Gasteiger partial charge in [-0.15, -0.1) is 0 Å². The van der Waals surface area contributed by atoms with Gasteiger partial charge in [-0.25, -0.2) is 0 Å². The van der Waals surface area contributed by atoms with E-state index in [9.17, 15) is 9.59 Å². The van der Waals surface area contributed by atoms with Crippen LogP contribution in [-0.2, 0) is 4.74 Å². The number of carbonyl (C=O) groups is 1. The van der Waals surface area contributed by atoms with Crippen molar-refractivity contribution in [1.82, 2.24) is 20.0 Å². The zero-order valence-electron chi connectivity index (χ0n) is 23.4. The fourth-order valence-corrected chi connectivity index (χ4v) is 4.57. The van der Waals surface area contributed by atoms with E-state index in [2.05, 4.69) is 34.5 Å². The number of rotatable bonds is 10. The predicted molar refractivity (Wildman–Crippen MR) is 160 cm³/mol. The normalized spacial score (nSPS) is 13.6. The minimum absolute atomic E-state index is 0.181. The largest absolute Gasteiger partial charge is 0.453 e. The van der Waals surface area contributed by atoms with E-state index in [1.807, 2.05) is 54.6 Å². The summed E-state index contributed by atoms with van der Waals surface area (Å²) in [6.45, 7) is 8.74. The molecule has 212 valence electrons. The van der Waals surface area contributed by atoms with Crippen LogP contribution in [0.5, 0.6) is 11.5 Å². The van der Waals surface area contributed by atoms with Crippen molar-refractivity contribution in [1.29, 1.82) is 0 Å². The van der Waals surface area contributed by atoms with Gasteiger partial charge in [0.15, 0.2) is 11.4 Å². The van der Waals surface area contributed by atoms with E-state index in [0.717, 1.165) is 32.8 Å². The third-order valence-electron chi connectivity index (χ3n) is 6.93.